The number of hydroxylamine groups is 2. The van der Waals surface area contributed by atoms with Crippen LogP contribution in [0.1, 0.15) is 32.1 Å². The second-order valence-corrected chi connectivity index (χ2v) is 6.80. The van der Waals surface area contributed by atoms with E-state index in [0.29, 0.717) is 30.9 Å². The van der Waals surface area contributed by atoms with Gasteiger partial charge in [-0.05, 0) is 32.2 Å². The Kier molecular flexibility index (Phi) is 6.16. The van der Waals surface area contributed by atoms with Crippen molar-refractivity contribution in [1.82, 2.24) is 20.8 Å². The molecular weight excluding hydrogens is 358 g/mol. The molecule has 2 aliphatic heterocycles. The Balaban J connectivity index is 1.88. The van der Waals surface area contributed by atoms with E-state index >= 15 is 0 Å². The quantitative estimate of drug-likeness (QED) is 0.229. The number of nitrogens with zero attached hydrogens (tertiary/aromatic N) is 2. The third-order valence-electron chi connectivity index (χ3n) is 3.98. The predicted molar refractivity (Wildman–Crippen MR) is 82.6 cm³/mol. The number of urea groups is 1. The van der Waals surface area contributed by atoms with Crippen LogP contribution in [0.25, 0.3) is 0 Å². The number of carbonyl (C=O) groups is 3. The Bertz CT molecular complexity index is 640. The van der Waals surface area contributed by atoms with Crippen molar-refractivity contribution in [2.24, 2.45) is 5.73 Å². The normalized spacial score (nSPS) is 22.9. The summed E-state index contributed by atoms with van der Waals surface area (Å²) in [7, 11) is -4.84. The van der Waals surface area contributed by atoms with Gasteiger partial charge in [0.05, 0.1) is 6.04 Å². The molecule has 2 heterocycles. The molecule has 4 amide bonds. The molecule has 0 saturated carbocycles. The van der Waals surface area contributed by atoms with Crippen molar-refractivity contribution in [3.05, 3.63) is 0 Å². The molecule has 2 saturated heterocycles. The highest BCUT2D eigenvalue weighted by Gasteiger charge is 2.49. The largest absolute Gasteiger partial charge is 0.418 e. The summed E-state index contributed by atoms with van der Waals surface area (Å²) < 4.78 is 34.6. The standard InChI is InChI=1S/C12H21N5O7S/c13-6-2-1-3-10(18)14-15-11(19)9-5-4-8-7-16(9)12(20)17(8)24-25(21,22)23/h8-9H,1-7,13H2,(H,14,18)(H,15,19)(H,21,22,23)/t8-,9?/m1/s1. The highest BCUT2D eigenvalue weighted by atomic mass is 32.3. The Hall–Kier alpha value is -1.96. The van der Waals surface area contributed by atoms with E-state index in [9.17, 15) is 22.8 Å². The minimum atomic E-state index is -4.84. The van der Waals surface area contributed by atoms with Crippen LogP contribution in [0.2, 0.25) is 0 Å². The van der Waals surface area contributed by atoms with Gasteiger partial charge in [-0.25, -0.2) is 4.79 Å². The summed E-state index contributed by atoms with van der Waals surface area (Å²) in [5.74, 6) is -0.966. The van der Waals surface area contributed by atoms with E-state index in [0.717, 1.165) is 4.90 Å². The molecule has 2 aliphatic rings. The third kappa shape index (κ3) is 5.01. The van der Waals surface area contributed by atoms with Crippen molar-refractivity contribution in [2.45, 2.75) is 44.2 Å². The lowest BCUT2D eigenvalue weighted by molar-refractivity contribution is -0.132. The number of carbonyl (C=O) groups excluding carboxylic acids is 3. The Labute approximate surface area is 144 Å². The van der Waals surface area contributed by atoms with Gasteiger partial charge in [0.25, 0.3) is 5.91 Å². The number of nitrogens with two attached hydrogens (primary N) is 1. The number of hydrogen-bond donors (Lipinski definition) is 4. The minimum absolute atomic E-state index is 0.0802. The predicted octanol–water partition coefficient (Wildman–Crippen LogP) is -1.73. The molecule has 12 nitrogen and oxygen atoms in total. The first-order valence-corrected chi connectivity index (χ1v) is 9.15. The van der Waals surface area contributed by atoms with Crippen LogP contribution >= 0.6 is 0 Å². The van der Waals surface area contributed by atoms with Crippen LogP contribution in [0.4, 0.5) is 4.79 Å². The molecule has 0 spiro atoms. The Morgan fingerprint density at radius 3 is 2.64 bits per heavy atom. The molecule has 0 aliphatic carbocycles. The first-order chi connectivity index (χ1) is 11.7. The number of piperidine rings is 1. The molecule has 0 aromatic rings. The van der Waals surface area contributed by atoms with Crippen LogP contribution in [-0.2, 0) is 24.3 Å². The van der Waals surface area contributed by atoms with E-state index in [1.54, 1.807) is 0 Å². The van der Waals surface area contributed by atoms with Gasteiger partial charge in [-0.2, -0.15) is 13.5 Å². The first-order valence-electron chi connectivity index (χ1n) is 7.78. The average molecular weight is 379 g/mol. The number of rotatable bonds is 7. The molecule has 2 rings (SSSR count). The second-order valence-electron chi connectivity index (χ2n) is 5.79. The summed E-state index contributed by atoms with van der Waals surface area (Å²) >= 11 is 0. The minimum Gasteiger partial charge on any atom is -0.330 e. The first kappa shape index (κ1) is 19.4. The zero-order chi connectivity index (χ0) is 18.6. The van der Waals surface area contributed by atoms with E-state index in [4.69, 9.17) is 10.3 Å². The zero-order valence-corrected chi connectivity index (χ0v) is 14.2. The van der Waals surface area contributed by atoms with Crippen molar-refractivity contribution < 1.29 is 31.6 Å². The number of hydrazine groups is 1. The number of nitrogens with one attached hydrogen (secondary N) is 2. The van der Waals surface area contributed by atoms with E-state index in [1.165, 1.54) is 0 Å². The lowest BCUT2D eigenvalue weighted by Crippen LogP contribution is -2.54. The fourth-order valence-electron chi connectivity index (χ4n) is 2.81. The molecule has 142 valence electrons. The molecule has 25 heavy (non-hydrogen) atoms. The van der Waals surface area contributed by atoms with Gasteiger partial charge in [0, 0.05) is 13.0 Å². The molecule has 2 bridgehead atoms. The summed E-state index contributed by atoms with van der Waals surface area (Å²) in [6, 6.07) is -2.29. The van der Waals surface area contributed by atoms with Gasteiger partial charge in [-0.3, -0.25) is 25.0 Å². The van der Waals surface area contributed by atoms with Crippen molar-refractivity contribution in [1.29, 1.82) is 0 Å². The van der Waals surface area contributed by atoms with Gasteiger partial charge in [0.15, 0.2) is 0 Å². The van der Waals surface area contributed by atoms with Gasteiger partial charge in [0.2, 0.25) is 5.91 Å². The van der Waals surface area contributed by atoms with Crippen molar-refractivity contribution in [3.63, 3.8) is 0 Å². The molecule has 0 aromatic carbocycles. The maximum absolute atomic E-state index is 12.2. The van der Waals surface area contributed by atoms with E-state index < -0.39 is 34.4 Å². The average Bonchev–Trinajstić information content (AvgIpc) is 2.76. The van der Waals surface area contributed by atoms with Crippen molar-refractivity contribution >= 4 is 28.2 Å². The van der Waals surface area contributed by atoms with Crippen molar-refractivity contribution in [3.8, 4) is 0 Å². The molecule has 0 radical (unpaired) electrons. The monoisotopic (exact) mass is 379 g/mol. The molecule has 2 fully saturated rings. The summed E-state index contributed by atoms with van der Waals surface area (Å²) in [5, 5.41) is 0.550. The molecular formula is C12H21N5O7S. The van der Waals surface area contributed by atoms with Crippen LogP contribution in [0.5, 0.6) is 0 Å². The fraction of sp³-hybridized carbons (Fsp3) is 0.750. The SMILES string of the molecule is NCCCCC(=O)NNC(=O)C1CC[C@@H]2CN1C(=O)N2OS(=O)(=O)O. The maximum Gasteiger partial charge on any atom is 0.418 e. The summed E-state index contributed by atoms with van der Waals surface area (Å²) in [6.07, 6.45) is 2.06. The van der Waals surface area contributed by atoms with Gasteiger partial charge in [0.1, 0.15) is 6.04 Å². The molecule has 2 atom stereocenters. The number of hydrogen-bond acceptors (Lipinski definition) is 7. The number of unbranched alkanes of at least 4 members (excludes halogenated alkanes) is 1. The smallest absolute Gasteiger partial charge is 0.330 e. The van der Waals surface area contributed by atoms with Crippen LogP contribution < -0.4 is 16.6 Å². The van der Waals surface area contributed by atoms with Crippen molar-refractivity contribution in [2.75, 3.05) is 13.1 Å². The highest BCUT2D eigenvalue weighted by molar-refractivity contribution is 7.80. The molecule has 13 heteroatoms. The van der Waals surface area contributed by atoms with E-state index in [1.807, 2.05) is 0 Å². The van der Waals surface area contributed by atoms with Gasteiger partial charge in [-0.15, -0.1) is 4.28 Å². The van der Waals surface area contributed by atoms with Crippen LogP contribution in [0.3, 0.4) is 0 Å². The summed E-state index contributed by atoms with van der Waals surface area (Å²) in [6.45, 7) is 0.555. The molecule has 5 N–H and O–H groups in total. The van der Waals surface area contributed by atoms with E-state index in [-0.39, 0.29) is 25.3 Å². The lowest BCUT2D eigenvalue weighted by Gasteiger charge is -2.29. The Morgan fingerprint density at radius 1 is 1.28 bits per heavy atom. The summed E-state index contributed by atoms with van der Waals surface area (Å²) in [5.41, 5.74) is 9.84. The van der Waals surface area contributed by atoms with Crippen LogP contribution in [0.15, 0.2) is 0 Å². The van der Waals surface area contributed by atoms with Crippen LogP contribution in [-0.4, -0.2) is 66.0 Å². The van der Waals surface area contributed by atoms with Gasteiger partial charge < -0.3 is 10.6 Å². The fourth-order valence-corrected chi connectivity index (χ4v) is 3.20. The third-order valence-corrected chi connectivity index (χ3v) is 4.33. The van der Waals surface area contributed by atoms with Gasteiger partial charge in [-0.1, -0.05) is 0 Å². The number of fused-ring (bicyclic) bond motifs is 2. The van der Waals surface area contributed by atoms with Gasteiger partial charge >= 0.3 is 16.4 Å². The second kappa shape index (κ2) is 7.95. The highest BCUT2D eigenvalue weighted by Crippen LogP contribution is 2.30. The topological polar surface area (TPSA) is 171 Å². The lowest BCUT2D eigenvalue weighted by atomic mass is 10.0. The molecule has 1 unspecified atom stereocenters. The summed E-state index contributed by atoms with van der Waals surface area (Å²) in [4.78, 5) is 37.1. The number of amides is 4. The zero-order valence-electron chi connectivity index (χ0n) is 13.4. The Morgan fingerprint density at radius 2 is 2.00 bits per heavy atom. The molecule has 0 aromatic heterocycles. The van der Waals surface area contributed by atoms with Crippen LogP contribution in [0, 0.1) is 0 Å². The van der Waals surface area contributed by atoms with E-state index in [2.05, 4.69) is 15.1 Å². The maximum atomic E-state index is 12.2.